The van der Waals surface area contributed by atoms with Crippen molar-refractivity contribution in [1.29, 1.82) is 0 Å². The molecule has 0 bridgehead atoms. The first-order valence-electron chi connectivity index (χ1n) is 9.75. The minimum absolute atomic E-state index is 0.118. The van der Waals surface area contributed by atoms with Crippen LogP contribution in [0.2, 0.25) is 0 Å². The molecule has 2 nitrogen and oxygen atoms in total. The first-order valence-corrected chi connectivity index (χ1v) is 9.75. The first-order chi connectivity index (χ1) is 14.1. The van der Waals surface area contributed by atoms with Crippen molar-refractivity contribution in [3.63, 3.8) is 0 Å². The Kier molecular flexibility index (Phi) is 6.65. The predicted octanol–water partition coefficient (Wildman–Crippen LogP) is 6.95. The lowest BCUT2D eigenvalue weighted by atomic mass is 9.91. The first kappa shape index (κ1) is 22.5. The van der Waals surface area contributed by atoms with Crippen LogP contribution >= 0.6 is 0 Å². The largest absolute Gasteiger partial charge is 0.432 e. The molecule has 1 saturated heterocycles. The summed E-state index contributed by atoms with van der Waals surface area (Å²) in [5, 5.41) is 0. The van der Waals surface area contributed by atoms with Crippen molar-refractivity contribution in [1.82, 2.24) is 0 Å². The summed E-state index contributed by atoms with van der Waals surface area (Å²) >= 11 is 0. The predicted molar refractivity (Wildman–Crippen MR) is 98.3 cm³/mol. The molecule has 1 aliphatic heterocycles. The van der Waals surface area contributed by atoms with E-state index in [-0.39, 0.29) is 11.1 Å². The van der Waals surface area contributed by atoms with E-state index >= 15 is 0 Å². The van der Waals surface area contributed by atoms with Gasteiger partial charge in [0.25, 0.3) is 0 Å². The van der Waals surface area contributed by atoms with Gasteiger partial charge in [0.05, 0.1) is 12.7 Å². The van der Waals surface area contributed by atoms with E-state index in [1.165, 1.54) is 0 Å². The maximum Gasteiger partial charge on any atom is 0.432 e. The minimum Gasteiger partial charge on any atom is -0.429 e. The Morgan fingerprint density at radius 2 is 1.57 bits per heavy atom. The Hall–Kier alpha value is -2.22. The Labute approximate surface area is 170 Å². The molecule has 164 valence electrons. The second-order valence-electron chi connectivity index (χ2n) is 7.54. The van der Waals surface area contributed by atoms with E-state index < -0.39 is 46.8 Å². The van der Waals surface area contributed by atoms with Crippen LogP contribution in [0.5, 0.6) is 5.75 Å². The number of hydrogen-bond donors (Lipinski definition) is 0. The number of hydrogen-bond acceptors (Lipinski definition) is 2. The molecular weight excluding hydrogens is 410 g/mol. The maximum absolute atomic E-state index is 14.5. The molecule has 0 N–H and O–H groups in total. The molecule has 0 aliphatic carbocycles. The zero-order valence-electron chi connectivity index (χ0n) is 16.6. The highest BCUT2D eigenvalue weighted by Gasteiger charge is 2.42. The smallest absolute Gasteiger partial charge is 0.429 e. The van der Waals surface area contributed by atoms with Crippen molar-refractivity contribution < 1.29 is 35.8 Å². The van der Waals surface area contributed by atoms with Crippen LogP contribution in [0.25, 0.3) is 0 Å². The molecule has 0 aromatic heterocycles. The number of halogens is 6. The third kappa shape index (κ3) is 4.74. The maximum atomic E-state index is 14.5. The van der Waals surface area contributed by atoms with Gasteiger partial charge in [0, 0.05) is 17.7 Å². The van der Waals surface area contributed by atoms with Crippen molar-refractivity contribution in [2.45, 2.75) is 51.7 Å². The lowest BCUT2D eigenvalue weighted by molar-refractivity contribution is -0.189. The molecule has 30 heavy (non-hydrogen) atoms. The van der Waals surface area contributed by atoms with Crippen LogP contribution in [-0.4, -0.2) is 6.61 Å². The van der Waals surface area contributed by atoms with Gasteiger partial charge in [-0.15, -0.1) is 0 Å². The molecule has 2 atom stereocenters. The number of rotatable bonds is 6. The second-order valence-corrected chi connectivity index (χ2v) is 7.54. The third-order valence-electron chi connectivity index (χ3n) is 5.29. The van der Waals surface area contributed by atoms with Crippen LogP contribution < -0.4 is 4.74 Å². The summed E-state index contributed by atoms with van der Waals surface area (Å²) in [6.07, 6.45) is -1.75. The van der Waals surface area contributed by atoms with Gasteiger partial charge >= 0.3 is 6.11 Å². The summed E-state index contributed by atoms with van der Waals surface area (Å²) in [5.74, 6) is -5.81. The summed E-state index contributed by atoms with van der Waals surface area (Å²) in [6, 6.07) is 2.63. The monoisotopic (exact) mass is 432 g/mol. The van der Waals surface area contributed by atoms with Crippen molar-refractivity contribution in [2.75, 3.05) is 6.61 Å². The number of ether oxygens (including phenoxy) is 2. The van der Waals surface area contributed by atoms with Gasteiger partial charge in [-0.2, -0.15) is 8.78 Å². The number of benzene rings is 2. The van der Waals surface area contributed by atoms with Crippen LogP contribution in [-0.2, 0) is 10.8 Å². The lowest BCUT2D eigenvalue weighted by Gasteiger charge is -2.29. The average Bonchev–Trinajstić information content (AvgIpc) is 2.65. The molecule has 1 fully saturated rings. The fraction of sp³-hybridized carbons (Fsp3) is 0.455. The molecular formula is C22H22F6O2. The SMILES string of the molecule is CCCC1CCC(c2cc(F)c(C(F)(F)Oc3cc(F)c(C)c(F)c3)c(F)c2)OC1. The highest BCUT2D eigenvalue weighted by atomic mass is 19.3. The van der Waals surface area contributed by atoms with Crippen molar-refractivity contribution in [2.24, 2.45) is 5.92 Å². The third-order valence-corrected chi connectivity index (χ3v) is 5.29. The molecule has 0 saturated carbocycles. The quantitative estimate of drug-likeness (QED) is 0.460. The van der Waals surface area contributed by atoms with Crippen molar-refractivity contribution in [3.8, 4) is 5.75 Å². The topological polar surface area (TPSA) is 18.5 Å². The molecule has 1 aliphatic rings. The lowest BCUT2D eigenvalue weighted by Crippen LogP contribution is -2.26. The molecule has 0 radical (unpaired) electrons. The van der Waals surface area contributed by atoms with E-state index in [2.05, 4.69) is 11.7 Å². The van der Waals surface area contributed by atoms with Crippen LogP contribution in [0.1, 0.15) is 55.4 Å². The van der Waals surface area contributed by atoms with Crippen LogP contribution in [0.4, 0.5) is 26.3 Å². The Balaban J connectivity index is 1.82. The van der Waals surface area contributed by atoms with Gasteiger partial charge in [-0.3, -0.25) is 0 Å². The highest BCUT2D eigenvalue weighted by Crippen LogP contribution is 2.39. The van der Waals surface area contributed by atoms with E-state index in [1.54, 1.807) is 0 Å². The van der Waals surface area contributed by atoms with Crippen LogP contribution in [0, 0.1) is 36.1 Å². The Morgan fingerprint density at radius 3 is 2.07 bits per heavy atom. The molecule has 0 amide bonds. The molecule has 2 unspecified atom stereocenters. The second kappa shape index (κ2) is 8.88. The van der Waals surface area contributed by atoms with E-state index in [0.717, 1.165) is 38.3 Å². The zero-order valence-corrected chi connectivity index (χ0v) is 16.6. The van der Waals surface area contributed by atoms with E-state index in [0.29, 0.717) is 31.1 Å². The summed E-state index contributed by atoms with van der Waals surface area (Å²) in [5.41, 5.74) is -1.90. The van der Waals surface area contributed by atoms with Gasteiger partial charge in [-0.1, -0.05) is 13.3 Å². The summed E-state index contributed by atoms with van der Waals surface area (Å²) in [4.78, 5) is 0. The van der Waals surface area contributed by atoms with E-state index in [9.17, 15) is 26.3 Å². The molecule has 0 spiro atoms. The van der Waals surface area contributed by atoms with E-state index in [4.69, 9.17) is 4.74 Å². The van der Waals surface area contributed by atoms with Gasteiger partial charge in [0.1, 0.15) is 34.6 Å². The van der Waals surface area contributed by atoms with Crippen molar-refractivity contribution in [3.05, 3.63) is 64.2 Å². The van der Waals surface area contributed by atoms with Gasteiger partial charge < -0.3 is 9.47 Å². The Bertz CT molecular complexity index is 860. The number of alkyl halides is 2. The molecule has 2 aromatic carbocycles. The Morgan fingerprint density at radius 1 is 0.967 bits per heavy atom. The summed E-state index contributed by atoms with van der Waals surface area (Å²) in [7, 11) is 0. The molecule has 3 rings (SSSR count). The summed E-state index contributed by atoms with van der Waals surface area (Å²) in [6.45, 7) is 3.60. The van der Waals surface area contributed by atoms with Gasteiger partial charge in [0.2, 0.25) is 0 Å². The standard InChI is InChI=1S/C22H22F6O2/c1-3-4-13-5-6-20(29-11-13)14-7-18(25)21(19(26)8-14)22(27,28)30-15-9-16(23)12(2)17(24)10-15/h7-10,13,20H,3-6,11H2,1-2H3. The fourth-order valence-electron chi connectivity index (χ4n) is 3.64. The van der Waals surface area contributed by atoms with Crippen LogP contribution in [0.3, 0.4) is 0 Å². The van der Waals surface area contributed by atoms with Crippen LogP contribution in [0.15, 0.2) is 24.3 Å². The fourth-order valence-corrected chi connectivity index (χ4v) is 3.64. The normalized spacial score (nSPS) is 19.7. The summed E-state index contributed by atoms with van der Waals surface area (Å²) < 4.78 is 95.0. The zero-order chi connectivity index (χ0) is 22.1. The van der Waals surface area contributed by atoms with E-state index in [1.807, 2.05) is 0 Å². The van der Waals surface area contributed by atoms with Crippen molar-refractivity contribution >= 4 is 0 Å². The molecule has 8 heteroatoms. The molecule has 2 aromatic rings. The van der Waals surface area contributed by atoms with Gasteiger partial charge in [-0.25, -0.2) is 17.6 Å². The van der Waals surface area contributed by atoms with Gasteiger partial charge in [0.15, 0.2) is 0 Å². The average molecular weight is 432 g/mol. The minimum atomic E-state index is -4.49. The van der Waals surface area contributed by atoms with Gasteiger partial charge in [-0.05, 0) is 49.8 Å². The molecule has 1 heterocycles. The highest BCUT2D eigenvalue weighted by molar-refractivity contribution is 5.33.